The van der Waals surface area contributed by atoms with Crippen molar-refractivity contribution in [3.8, 4) is 6.07 Å². The molecule has 2 amide bonds. The highest BCUT2D eigenvalue weighted by atomic mass is 35.5. The maximum atomic E-state index is 13.8. The molecule has 0 aromatic heterocycles. The molecule has 6 rings (SSSR count). The summed E-state index contributed by atoms with van der Waals surface area (Å²) >= 11 is 6.01. The Balaban J connectivity index is 1.24. The van der Waals surface area contributed by atoms with Crippen molar-refractivity contribution in [2.45, 2.75) is 70.1 Å². The predicted molar refractivity (Wildman–Crippen MR) is 127 cm³/mol. The van der Waals surface area contributed by atoms with Crippen LogP contribution in [0.15, 0.2) is 18.2 Å². The van der Waals surface area contributed by atoms with Crippen molar-refractivity contribution < 1.29 is 24.2 Å². The van der Waals surface area contributed by atoms with E-state index in [2.05, 4.69) is 5.32 Å². The summed E-state index contributed by atoms with van der Waals surface area (Å²) < 4.78 is 5.45. The molecule has 5 aliphatic rings. The number of ether oxygens (including phenoxy) is 1. The van der Waals surface area contributed by atoms with E-state index in [1.807, 2.05) is 6.07 Å². The molecule has 0 radical (unpaired) electrons. The molecule has 3 atom stereocenters. The highest BCUT2D eigenvalue weighted by Gasteiger charge is 2.57. The van der Waals surface area contributed by atoms with Gasteiger partial charge in [-0.2, -0.15) is 5.26 Å². The zero-order valence-corrected chi connectivity index (χ0v) is 20.5. The van der Waals surface area contributed by atoms with Crippen molar-refractivity contribution in [2.75, 3.05) is 11.9 Å². The quantitative estimate of drug-likeness (QED) is 0.600. The number of esters is 1. The number of nitrogens with one attached hydrogen (secondary N) is 1. The van der Waals surface area contributed by atoms with Gasteiger partial charge >= 0.3 is 5.97 Å². The lowest BCUT2D eigenvalue weighted by Gasteiger charge is -2.56. The van der Waals surface area contributed by atoms with Crippen LogP contribution in [0, 0.1) is 34.5 Å². The van der Waals surface area contributed by atoms with E-state index in [1.54, 1.807) is 0 Å². The summed E-state index contributed by atoms with van der Waals surface area (Å²) in [6.45, 7) is 1.57. The molecule has 35 heavy (non-hydrogen) atoms. The second-order valence-electron chi connectivity index (χ2n) is 10.9. The van der Waals surface area contributed by atoms with Gasteiger partial charge in [-0.3, -0.25) is 9.59 Å². The Kier molecular flexibility index (Phi) is 6.27. The number of rotatable bonds is 5. The fraction of sp³-hybridized carbons (Fsp3) is 0.615. The third-order valence-corrected chi connectivity index (χ3v) is 8.64. The van der Waals surface area contributed by atoms with Crippen molar-refractivity contribution in [1.82, 2.24) is 4.90 Å². The SMILES string of the molecule is CC(OC(=O)[C@@H]1CC(O)CN1C(=O)C12CC3CC(CC(C3)C1)C2)C(=O)Nc1ccc(C#N)c(Cl)c1. The molecule has 5 fully saturated rings. The number of carbonyl (C=O) groups excluding carboxylic acids is 3. The summed E-state index contributed by atoms with van der Waals surface area (Å²) in [5, 5.41) is 22.1. The monoisotopic (exact) mass is 499 g/mol. The van der Waals surface area contributed by atoms with E-state index in [1.165, 1.54) is 49.3 Å². The van der Waals surface area contributed by atoms with Crippen LogP contribution < -0.4 is 5.32 Å². The smallest absolute Gasteiger partial charge is 0.329 e. The summed E-state index contributed by atoms with van der Waals surface area (Å²) in [5.41, 5.74) is 0.236. The Hall–Kier alpha value is -2.63. The van der Waals surface area contributed by atoms with Crippen molar-refractivity contribution in [1.29, 1.82) is 5.26 Å². The topological polar surface area (TPSA) is 120 Å². The van der Waals surface area contributed by atoms with E-state index in [-0.39, 0.29) is 29.5 Å². The Morgan fingerprint density at radius 3 is 2.37 bits per heavy atom. The molecule has 2 unspecified atom stereocenters. The largest absolute Gasteiger partial charge is 0.451 e. The Morgan fingerprint density at radius 2 is 1.80 bits per heavy atom. The Bertz CT molecular complexity index is 1060. The van der Waals surface area contributed by atoms with E-state index < -0.39 is 35.5 Å². The lowest BCUT2D eigenvalue weighted by molar-refractivity contribution is -0.168. The van der Waals surface area contributed by atoms with Gasteiger partial charge in [-0.05, 0) is 81.4 Å². The van der Waals surface area contributed by atoms with Gasteiger partial charge in [-0.1, -0.05) is 11.6 Å². The number of hydrogen-bond donors (Lipinski definition) is 2. The van der Waals surface area contributed by atoms with Gasteiger partial charge in [-0.15, -0.1) is 0 Å². The van der Waals surface area contributed by atoms with Crippen LogP contribution in [0.1, 0.15) is 57.4 Å². The molecule has 9 heteroatoms. The summed E-state index contributed by atoms with van der Waals surface area (Å²) in [5.74, 6) is 0.490. The van der Waals surface area contributed by atoms with E-state index in [9.17, 15) is 19.5 Å². The molecule has 1 aromatic rings. The third-order valence-electron chi connectivity index (χ3n) is 8.32. The van der Waals surface area contributed by atoms with Gasteiger partial charge < -0.3 is 20.1 Å². The molecule has 4 saturated carbocycles. The Morgan fingerprint density at radius 1 is 1.17 bits per heavy atom. The van der Waals surface area contributed by atoms with Crippen molar-refractivity contribution >= 4 is 35.1 Å². The first-order valence-corrected chi connectivity index (χ1v) is 12.8. The van der Waals surface area contributed by atoms with Crippen LogP contribution in [0.5, 0.6) is 0 Å². The minimum absolute atomic E-state index is 0.0283. The molecule has 1 aliphatic heterocycles. The first-order chi connectivity index (χ1) is 16.7. The zero-order chi connectivity index (χ0) is 24.9. The summed E-state index contributed by atoms with van der Waals surface area (Å²) in [4.78, 5) is 41.0. The van der Waals surface area contributed by atoms with Crippen LogP contribution in [-0.2, 0) is 19.1 Å². The fourth-order valence-corrected chi connectivity index (χ4v) is 7.40. The summed E-state index contributed by atoms with van der Waals surface area (Å²) in [6.07, 6.45) is 4.43. The summed E-state index contributed by atoms with van der Waals surface area (Å²) in [7, 11) is 0. The van der Waals surface area contributed by atoms with Gasteiger partial charge in [0.25, 0.3) is 5.91 Å². The number of hydrogen-bond acceptors (Lipinski definition) is 6. The van der Waals surface area contributed by atoms with Crippen molar-refractivity contribution in [2.24, 2.45) is 23.2 Å². The molecule has 8 nitrogen and oxygen atoms in total. The average molecular weight is 500 g/mol. The first-order valence-electron chi connectivity index (χ1n) is 12.4. The minimum atomic E-state index is -1.12. The van der Waals surface area contributed by atoms with Crippen molar-refractivity contribution in [3.05, 3.63) is 28.8 Å². The van der Waals surface area contributed by atoms with E-state index in [4.69, 9.17) is 21.6 Å². The van der Waals surface area contributed by atoms with E-state index in [0.29, 0.717) is 23.4 Å². The number of nitrogens with zero attached hydrogens (tertiary/aromatic N) is 2. The fourth-order valence-electron chi connectivity index (χ4n) is 7.17. The molecule has 0 spiro atoms. The van der Waals surface area contributed by atoms with Gasteiger partial charge in [0.1, 0.15) is 12.1 Å². The number of amides is 2. The highest BCUT2D eigenvalue weighted by Crippen LogP contribution is 2.60. The number of aliphatic hydroxyl groups is 1. The van der Waals surface area contributed by atoms with Crippen LogP contribution in [0.4, 0.5) is 5.69 Å². The maximum absolute atomic E-state index is 13.8. The predicted octanol–water partition coefficient (Wildman–Crippen LogP) is 3.26. The average Bonchev–Trinajstić information content (AvgIpc) is 3.19. The Labute approximate surface area is 209 Å². The molecule has 1 aromatic carbocycles. The summed E-state index contributed by atoms with van der Waals surface area (Å²) in [6, 6.07) is 5.53. The van der Waals surface area contributed by atoms with E-state index in [0.717, 1.165) is 19.3 Å². The minimum Gasteiger partial charge on any atom is -0.451 e. The number of anilines is 1. The number of benzene rings is 1. The maximum Gasteiger partial charge on any atom is 0.329 e. The molecule has 2 N–H and O–H groups in total. The second-order valence-corrected chi connectivity index (χ2v) is 11.3. The zero-order valence-electron chi connectivity index (χ0n) is 19.7. The molecular weight excluding hydrogens is 470 g/mol. The number of halogens is 1. The van der Waals surface area contributed by atoms with Crippen LogP contribution >= 0.6 is 11.6 Å². The molecular formula is C26H30ClN3O5. The standard InChI is InChI=1S/C26H30ClN3O5/c1-14(23(32)29-19-3-2-18(12-28)21(27)7-19)35-24(33)22-8-20(31)13-30(22)25(34)26-9-15-4-16(10-26)6-17(5-15)11-26/h2-3,7,14-17,20,22,31H,4-6,8-11,13H2,1H3,(H,29,32)/t14?,15?,16?,17?,20?,22-,26?/m0/s1. The van der Waals surface area contributed by atoms with Gasteiger partial charge in [0.05, 0.1) is 22.1 Å². The lowest BCUT2D eigenvalue weighted by Crippen LogP contribution is -2.56. The molecule has 186 valence electrons. The highest BCUT2D eigenvalue weighted by molar-refractivity contribution is 6.32. The normalized spacial score (nSPS) is 33.8. The first kappa shape index (κ1) is 24.1. The third kappa shape index (κ3) is 4.52. The number of likely N-dealkylation sites (tertiary alicyclic amines) is 1. The second kappa shape index (κ2) is 9.11. The van der Waals surface area contributed by atoms with Crippen molar-refractivity contribution in [3.63, 3.8) is 0 Å². The van der Waals surface area contributed by atoms with Crippen LogP contribution in [0.25, 0.3) is 0 Å². The van der Waals surface area contributed by atoms with Crippen LogP contribution in [0.2, 0.25) is 5.02 Å². The number of carbonyl (C=O) groups is 3. The van der Waals surface area contributed by atoms with Gasteiger partial charge in [-0.25, -0.2) is 4.79 Å². The lowest BCUT2D eigenvalue weighted by atomic mass is 9.49. The van der Waals surface area contributed by atoms with Gasteiger partial charge in [0.2, 0.25) is 5.91 Å². The van der Waals surface area contributed by atoms with E-state index >= 15 is 0 Å². The number of β-amino-alcohol motifs (C(OH)–C–C–N with tert-alkyl or cyclic N) is 1. The van der Waals surface area contributed by atoms with Crippen LogP contribution in [0.3, 0.4) is 0 Å². The molecule has 4 aliphatic carbocycles. The van der Waals surface area contributed by atoms with Gasteiger partial charge in [0, 0.05) is 18.7 Å². The van der Waals surface area contributed by atoms with Crippen LogP contribution in [-0.4, -0.2) is 52.6 Å². The molecule has 1 heterocycles. The number of aliphatic hydroxyl groups excluding tert-OH is 1. The molecule has 4 bridgehead atoms. The molecule has 1 saturated heterocycles. The van der Waals surface area contributed by atoms with Gasteiger partial charge in [0.15, 0.2) is 6.10 Å². The number of nitriles is 1.